The minimum atomic E-state index is -0.154. The molecule has 0 aliphatic carbocycles. The number of rotatable bonds is 9. The van der Waals surface area contributed by atoms with Crippen LogP contribution in [-0.2, 0) is 6.73 Å². The van der Waals surface area contributed by atoms with Crippen molar-refractivity contribution in [2.45, 2.75) is 32.9 Å². The molecule has 0 saturated carbocycles. The Bertz CT molecular complexity index is 662. The molecule has 0 spiro atoms. The molecule has 25 heavy (non-hydrogen) atoms. The fraction of sp³-hybridized carbons (Fsp3) is 0.474. The average Bonchev–Trinajstić information content (AvgIpc) is 3.06. The van der Waals surface area contributed by atoms with Crippen LogP contribution in [0.25, 0.3) is 0 Å². The summed E-state index contributed by atoms with van der Waals surface area (Å²) in [6.45, 7) is 6.18. The van der Waals surface area contributed by atoms with Crippen LogP contribution in [0.5, 0.6) is 5.75 Å². The molecular weight excluding hydrogens is 316 g/mol. The maximum atomic E-state index is 12.0. The van der Waals surface area contributed by atoms with Gasteiger partial charge in [-0.25, -0.2) is 4.68 Å². The van der Waals surface area contributed by atoms with Crippen molar-refractivity contribution in [1.29, 1.82) is 0 Å². The number of carbonyl (C=O) groups excluding carboxylic acids is 1. The third kappa shape index (κ3) is 6.23. The Morgan fingerprint density at radius 3 is 2.60 bits per heavy atom. The van der Waals surface area contributed by atoms with Gasteiger partial charge in [0.2, 0.25) is 0 Å². The first-order valence-corrected chi connectivity index (χ1v) is 8.65. The number of hydrogen-bond donors (Lipinski definition) is 1. The smallest absolute Gasteiger partial charge is 0.271 e. The second-order valence-electron chi connectivity index (χ2n) is 6.65. The predicted octanol–water partition coefficient (Wildman–Crippen LogP) is 2.72. The number of benzene rings is 1. The summed E-state index contributed by atoms with van der Waals surface area (Å²) in [5.41, 5.74) is 1.68. The molecule has 0 aliphatic heterocycles. The van der Waals surface area contributed by atoms with Gasteiger partial charge in [-0.1, -0.05) is 26.0 Å². The molecule has 0 aliphatic rings. The van der Waals surface area contributed by atoms with E-state index < -0.39 is 0 Å². The van der Waals surface area contributed by atoms with Crippen LogP contribution in [0.4, 0.5) is 0 Å². The Morgan fingerprint density at radius 2 is 1.96 bits per heavy atom. The summed E-state index contributed by atoms with van der Waals surface area (Å²) in [7, 11) is 4.03. The van der Waals surface area contributed by atoms with E-state index in [9.17, 15) is 4.79 Å². The highest BCUT2D eigenvalue weighted by molar-refractivity contribution is 5.92. The molecule has 1 N–H and O–H groups in total. The van der Waals surface area contributed by atoms with Gasteiger partial charge in [-0.2, -0.15) is 5.10 Å². The third-order valence-electron chi connectivity index (χ3n) is 3.85. The number of amides is 1. The summed E-state index contributed by atoms with van der Waals surface area (Å²) < 4.78 is 7.32. The third-order valence-corrected chi connectivity index (χ3v) is 3.85. The van der Waals surface area contributed by atoms with Gasteiger partial charge in [-0.15, -0.1) is 0 Å². The van der Waals surface area contributed by atoms with Gasteiger partial charge in [0.15, 0.2) is 6.73 Å². The molecule has 1 aromatic carbocycles. The lowest BCUT2D eigenvalue weighted by Crippen LogP contribution is -2.27. The van der Waals surface area contributed by atoms with Crippen molar-refractivity contribution in [1.82, 2.24) is 20.0 Å². The van der Waals surface area contributed by atoms with E-state index in [0.717, 1.165) is 18.7 Å². The van der Waals surface area contributed by atoms with Gasteiger partial charge in [0.05, 0.1) is 0 Å². The molecule has 0 unspecified atom stereocenters. The van der Waals surface area contributed by atoms with Gasteiger partial charge in [-0.3, -0.25) is 4.79 Å². The van der Waals surface area contributed by atoms with Crippen molar-refractivity contribution in [3.05, 3.63) is 47.8 Å². The van der Waals surface area contributed by atoms with Gasteiger partial charge in [-0.05, 0) is 56.7 Å². The van der Waals surface area contributed by atoms with E-state index in [0.29, 0.717) is 18.2 Å². The molecule has 1 amide bonds. The van der Waals surface area contributed by atoms with Gasteiger partial charge >= 0.3 is 0 Å². The zero-order chi connectivity index (χ0) is 18.2. The van der Waals surface area contributed by atoms with Crippen LogP contribution in [0, 0.1) is 0 Å². The lowest BCUT2D eigenvalue weighted by Gasteiger charge is -2.09. The molecule has 0 bridgehead atoms. The van der Waals surface area contributed by atoms with E-state index in [1.165, 1.54) is 5.56 Å². The highest BCUT2D eigenvalue weighted by atomic mass is 16.5. The second-order valence-corrected chi connectivity index (χ2v) is 6.65. The van der Waals surface area contributed by atoms with Crippen LogP contribution >= 0.6 is 0 Å². The number of ether oxygens (including phenoxy) is 1. The molecule has 0 atom stereocenters. The summed E-state index contributed by atoms with van der Waals surface area (Å²) in [4.78, 5) is 14.1. The van der Waals surface area contributed by atoms with Crippen molar-refractivity contribution >= 4 is 5.91 Å². The van der Waals surface area contributed by atoms with Gasteiger partial charge < -0.3 is 15.0 Å². The van der Waals surface area contributed by atoms with E-state index in [-0.39, 0.29) is 12.6 Å². The molecular formula is C19H28N4O2. The fourth-order valence-corrected chi connectivity index (χ4v) is 2.33. The molecule has 2 rings (SSSR count). The first kappa shape index (κ1) is 19.0. The number of nitrogens with zero attached hydrogens (tertiary/aromatic N) is 3. The molecule has 1 heterocycles. The highest BCUT2D eigenvalue weighted by Crippen LogP contribution is 2.18. The topological polar surface area (TPSA) is 59.4 Å². The average molecular weight is 344 g/mol. The van der Waals surface area contributed by atoms with E-state index in [1.807, 2.05) is 26.2 Å². The number of hydrogen-bond acceptors (Lipinski definition) is 4. The van der Waals surface area contributed by atoms with Crippen LogP contribution < -0.4 is 10.1 Å². The highest BCUT2D eigenvalue weighted by Gasteiger charge is 2.09. The van der Waals surface area contributed by atoms with Gasteiger partial charge in [0.25, 0.3) is 5.91 Å². The van der Waals surface area contributed by atoms with Crippen molar-refractivity contribution in [2.24, 2.45) is 0 Å². The van der Waals surface area contributed by atoms with Crippen LogP contribution in [0.15, 0.2) is 36.5 Å². The number of nitrogens with one attached hydrogen (secondary N) is 1. The normalized spacial score (nSPS) is 11.1. The zero-order valence-electron chi connectivity index (χ0n) is 15.5. The maximum Gasteiger partial charge on any atom is 0.271 e. The Morgan fingerprint density at radius 1 is 1.24 bits per heavy atom. The Hall–Kier alpha value is -2.34. The van der Waals surface area contributed by atoms with Gasteiger partial charge in [0.1, 0.15) is 11.4 Å². The van der Waals surface area contributed by atoms with Crippen LogP contribution in [0.3, 0.4) is 0 Å². The number of carbonyl (C=O) groups is 1. The molecule has 6 heteroatoms. The summed E-state index contributed by atoms with van der Waals surface area (Å²) in [5, 5.41) is 7.13. The van der Waals surface area contributed by atoms with Crippen LogP contribution in [-0.4, -0.2) is 47.8 Å². The SMILES string of the molecule is CC(C)c1ccc(OCn2ccc(C(=O)NCCCN(C)C)n2)cc1. The summed E-state index contributed by atoms with van der Waals surface area (Å²) >= 11 is 0. The molecule has 0 radical (unpaired) electrons. The molecule has 6 nitrogen and oxygen atoms in total. The lowest BCUT2D eigenvalue weighted by molar-refractivity contribution is 0.0945. The van der Waals surface area contributed by atoms with E-state index in [1.54, 1.807) is 16.9 Å². The van der Waals surface area contributed by atoms with Gasteiger partial charge in [0, 0.05) is 12.7 Å². The lowest BCUT2D eigenvalue weighted by atomic mass is 10.0. The van der Waals surface area contributed by atoms with Crippen molar-refractivity contribution in [3.8, 4) is 5.75 Å². The molecule has 2 aromatic rings. The van der Waals surface area contributed by atoms with E-state index in [2.05, 4.69) is 41.3 Å². The quantitative estimate of drug-likeness (QED) is 0.711. The first-order valence-electron chi connectivity index (χ1n) is 8.65. The Labute approximate surface area is 149 Å². The van der Waals surface area contributed by atoms with E-state index in [4.69, 9.17) is 4.74 Å². The molecule has 136 valence electrons. The summed E-state index contributed by atoms with van der Waals surface area (Å²) in [5.74, 6) is 1.13. The largest absolute Gasteiger partial charge is 0.471 e. The zero-order valence-corrected chi connectivity index (χ0v) is 15.5. The summed E-state index contributed by atoms with van der Waals surface area (Å²) in [6, 6.07) is 9.74. The van der Waals surface area contributed by atoms with Crippen molar-refractivity contribution in [2.75, 3.05) is 27.2 Å². The maximum absolute atomic E-state index is 12.0. The minimum Gasteiger partial charge on any atom is -0.471 e. The molecule has 1 aromatic heterocycles. The molecule has 0 fully saturated rings. The minimum absolute atomic E-state index is 0.154. The van der Waals surface area contributed by atoms with E-state index >= 15 is 0 Å². The van der Waals surface area contributed by atoms with Crippen LogP contribution in [0.2, 0.25) is 0 Å². The monoisotopic (exact) mass is 344 g/mol. The first-order chi connectivity index (χ1) is 12.0. The molecule has 0 saturated heterocycles. The standard InChI is InChI=1S/C19H28N4O2/c1-15(2)16-6-8-17(9-7-16)25-14-23-13-10-18(21-23)19(24)20-11-5-12-22(3)4/h6-10,13,15H,5,11-12,14H2,1-4H3,(H,20,24). The van der Waals surface area contributed by atoms with Crippen molar-refractivity contribution in [3.63, 3.8) is 0 Å². The fourth-order valence-electron chi connectivity index (χ4n) is 2.33. The second kappa shape index (κ2) is 9.22. The predicted molar refractivity (Wildman–Crippen MR) is 98.9 cm³/mol. The Kier molecular flexibility index (Phi) is 7.01. The summed E-state index contributed by atoms with van der Waals surface area (Å²) in [6.07, 6.45) is 2.66. The van der Waals surface area contributed by atoms with Crippen LogP contribution in [0.1, 0.15) is 42.2 Å². The number of aromatic nitrogens is 2. The van der Waals surface area contributed by atoms with Crippen molar-refractivity contribution < 1.29 is 9.53 Å². The Balaban J connectivity index is 1.79.